The van der Waals surface area contributed by atoms with Gasteiger partial charge in [0.2, 0.25) is 5.91 Å². The first kappa shape index (κ1) is 55.1. The Morgan fingerprint density at radius 3 is 1.58 bits per heavy atom. The summed E-state index contributed by atoms with van der Waals surface area (Å²) in [4.78, 5) is 13.0. The number of ether oxygens (including phenoxy) is 2. The van der Waals surface area contributed by atoms with E-state index in [0.29, 0.717) is 19.3 Å². The van der Waals surface area contributed by atoms with Crippen LogP contribution >= 0.6 is 0 Å². The van der Waals surface area contributed by atoms with Crippen molar-refractivity contribution in [1.82, 2.24) is 5.32 Å². The Kier molecular flexibility index (Phi) is 36.4. The van der Waals surface area contributed by atoms with Crippen LogP contribution in [0.1, 0.15) is 194 Å². The summed E-state index contributed by atoms with van der Waals surface area (Å²) < 4.78 is 11.1. The Morgan fingerprint density at radius 1 is 0.593 bits per heavy atom. The maximum atomic E-state index is 13.0. The lowest BCUT2D eigenvalue weighted by molar-refractivity contribution is -0.302. The van der Waals surface area contributed by atoms with E-state index in [1.807, 2.05) is 12.2 Å². The van der Waals surface area contributed by atoms with Crippen LogP contribution in [0.5, 0.6) is 0 Å². The van der Waals surface area contributed by atoms with Gasteiger partial charge in [0.15, 0.2) is 6.29 Å². The highest BCUT2D eigenvalue weighted by Crippen LogP contribution is 2.22. The van der Waals surface area contributed by atoms with E-state index in [1.54, 1.807) is 6.08 Å². The number of nitrogens with one attached hydrogen (secondary N) is 1. The predicted molar refractivity (Wildman–Crippen MR) is 241 cm³/mol. The van der Waals surface area contributed by atoms with Crippen LogP contribution in [-0.2, 0) is 14.3 Å². The Bertz CT molecular complexity index is 1080. The first-order chi connectivity index (χ1) is 28.8. The van der Waals surface area contributed by atoms with Crippen LogP contribution in [0.3, 0.4) is 0 Å². The standard InChI is InChI=1S/C49H89NO9/c1-3-5-7-9-11-13-15-17-18-19-20-21-22-23-24-26-28-30-32-34-36-38-43(53)48(57)50-41(40-58-49-47(56)46(55)45(54)44(39-51)59-49)42(52)37-35-33-31-29-27-25-16-14-12-10-8-6-4-2/h16-18,25,27,29,35,37,41-47,49,51-56H,3-15,19-24,26,28,30-34,36,38-40H2,1-2H3,(H,50,57). The average molecular weight is 836 g/mol. The maximum absolute atomic E-state index is 13.0. The molecule has 0 bridgehead atoms. The number of aliphatic hydroxyl groups excluding tert-OH is 6. The van der Waals surface area contributed by atoms with Gasteiger partial charge in [-0.3, -0.25) is 4.79 Å². The molecule has 1 rings (SSSR count). The van der Waals surface area contributed by atoms with Crippen LogP contribution in [0.15, 0.2) is 48.6 Å². The van der Waals surface area contributed by atoms with Gasteiger partial charge in [0, 0.05) is 0 Å². The van der Waals surface area contributed by atoms with Crippen molar-refractivity contribution in [2.45, 2.75) is 243 Å². The largest absolute Gasteiger partial charge is 0.394 e. The lowest BCUT2D eigenvalue weighted by Crippen LogP contribution is -2.60. The smallest absolute Gasteiger partial charge is 0.249 e. The van der Waals surface area contributed by atoms with E-state index in [4.69, 9.17) is 9.47 Å². The summed E-state index contributed by atoms with van der Waals surface area (Å²) in [5.41, 5.74) is 0. The van der Waals surface area contributed by atoms with Gasteiger partial charge >= 0.3 is 0 Å². The van der Waals surface area contributed by atoms with Gasteiger partial charge in [-0.1, -0.05) is 184 Å². The summed E-state index contributed by atoms with van der Waals surface area (Å²) in [6.45, 7) is 3.55. The summed E-state index contributed by atoms with van der Waals surface area (Å²) in [6.07, 6.45) is 39.2. The molecule has 10 nitrogen and oxygen atoms in total. The zero-order chi connectivity index (χ0) is 43.2. The van der Waals surface area contributed by atoms with E-state index < -0.39 is 61.5 Å². The number of rotatable bonds is 39. The molecule has 1 heterocycles. The van der Waals surface area contributed by atoms with E-state index in [9.17, 15) is 35.4 Å². The number of unbranched alkanes of at least 4 members (excludes halogenated alkanes) is 23. The van der Waals surface area contributed by atoms with Crippen molar-refractivity contribution in [3.63, 3.8) is 0 Å². The number of amides is 1. The summed E-state index contributed by atoms with van der Waals surface area (Å²) in [5.74, 6) is -0.635. The van der Waals surface area contributed by atoms with E-state index in [0.717, 1.165) is 32.1 Å². The number of aliphatic hydroxyl groups is 6. The summed E-state index contributed by atoms with van der Waals surface area (Å²) >= 11 is 0. The molecule has 8 atom stereocenters. The second kappa shape index (κ2) is 39.0. The Hall–Kier alpha value is -1.89. The molecule has 0 aromatic rings. The van der Waals surface area contributed by atoms with Gasteiger partial charge in [-0.15, -0.1) is 0 Å². The second-order valence-corrected chi connectivity index (χ2v) is 16.7. The molecule has 1 fully saturated rings. The number of hydrogen-bond donors (Lipinski definition) is 7. The van der Waals surface area contributed by atoms with Crippen LogP contribution in [0, 0.1) is 0 Å². The van der Waals surface area contributed by atoms with Crippen molar-refractivity contribution in [3.05, 3.63) is 48.6 Å². The van der Waals surface area contributed by atoms with Crippen molar-refractivity contribution in [2.24, 2.45) is 0 Å². The van der Waals surface area contributed by atoms with Gasteiger partial charge < -0.3 is 45.4 Å². The molecule has 0 saturated carbocycles. The maximum Gasteiger partial charge on any atom is 0.249 e. The summed E-state index contributed by atoms with van der Waals surface area (Å²) in [6, 6.07) is -1.01. The SMILES string of the molecule is CCCCCCCC=CC=CCCC=CC(O)C(COC1OC(CO)C(O)C(O)C1O)NC(=O)C(O)CCCCCCCCCCCCCC=CCCCCCCCC. The van der Waals surface area contributed by atoms with E-state index in [2.05, 4.69) is 49.5 Å². The molecule has 1 amide bonds. The van der Waals surface area contributed by atoms with E-state index in [1.165, 1.54) is 128 Å². The highest BCUT2D eigenvalue weighted by atomic mass is 16.7. The van der Waals surface area contributed by atoms with Crippen LogP contribution in [0.25, 0.3) is 0 Å². The van der Waals surface area contributed by atoms with Gasteiger partial charge in [0.25, 0.3) is 0 Å². The Labute approximate surface area is 359 Å². The molecule has 1 aliphatic heterocycles. The zero-order valence-corrected chi connectivity index (χ0v) is 37.4. The quantitative estimate of drug-likeness (QED) is 0.0181. The third kappa shape index (κ3) is 29.1. The van der Waals surface area contributed by atoms with Gasteiger partial charge in [-0.25, -0.2) is 0 Å². The molecule has 0 aliphatic carbocycles. The van der Waals surface area contributed by atoms with Gasteiger partial charge in [0.05, 0.1) is 25.4 Å². The normalized spacial score (nSPS) is 21.7. The van der Waals surface area contributed by atoms with Gasteiger partial charge in [-0.2, -0.15) is 0 Å². The fourth-order valence-corrected chi connectivity index (χ4v) is 7.29. The Balaban J connectivity index is 2.38. The molecular formula is C49H89NO9. The van der Waals surface area contributed by atoms with Crippen LogP contribution in [0.2, 0.25) is 0 Å². The minimum absolute atomic E-state index is 0.298. The summed E-state index contributed by atoms with van der Waals surface area (Å²) in [5, 5.41) is 64.6. The minimum Gasteiger partial charge on any atom is -0.394 e. The lowest BCUT2D eigenvalue weighted by Gasteiger charge is -2.40. The highest BCUT2D eigenvalue weighted by molar-refractivity contribution is 5.80. The summed E-state index contributed by atoms with van der Waals surface area (Å²) in [7, 11) is 0. The molecule has 1 aliphatic rings. The molecule has 10 heteroatoms. The molecule has 1 saturated heterocycles. The second-order valence-electron chi connectivity index (χ2n) is 16.7. The third-order valence-corrected chi connectivity index (χ3v) is 11.3. The Morgan fingerprint density at radius 2 is 1.05 bits per heavy atom. The molecule has 0 aromatic heterocycles. The molecule has 7 N–H and O–H groups in total. The van der Waals surface area contributed by atoms with Crippen molar-refractivity contribution in [3.8, 4) is 0 Å². The average Bonchev–Trinajstić information content (AvgIpc) is 3.23. The fraction of sp³-hybridized carbons (Fsp3) is 0.816. The van der Waals surface area contributed by atoms with Crippen molar-refractivity contribution in [2.75, 3.05) is 13.2 Å². The number of carbonyl (C=O) groups excluding carboxylic acids is 1. The van der Waals surface area contributed by atoms with Gasteiger partial charge in [-0.05, 0) is 57.8 Å². The molecule has 8 unspecified atom stereocenters. The third-order valence-electron chi connectivity index (χ3n) is 11.3. The van der Waals surface area contributed by atoms with Gasteiger partial charge in [0.1, 0.15) is 30.5 Å². The van der Waals surface area contributed by atoms with Crippen molar-refractivity contribution in [1.29, 1.82) is 0 Å². The molecule has 59 heavy (non-hydrogen) atoms. The van der Waals surface area contributed by atoms with Crippen molar-refractivity contribution >= 4 is 5.91 Å². The first-order valence-electron chi connectivity index (χ1n) is 24.0. The number of carbonyl (C=O) groups is 1. The monoisotopic (exact) mass is 836 g/mol. The molecule has 0 aromatic carbocycles. The van der Waals surface area contributed by atoms with Crippen LogP contribution in [0.4, 0.5) is 0 Å². The lowest BCUT2D eigenvalue weighted by atomic mass is 9.99. The topological polar surface area (TPSA) is 169 Å². The van der Waals surface area contributed by atoms with E-state index >= 15 is 0 Å². The molecule has 344 valence electrons. The first-order valence-corrected chi connectivity index (χ1v) is 24.0. The molecule has 0 spiro atoms. The number of allylic oxidation sites excluding steroid dienone is 7. The van der Waals surface area contributed by atoms with Crippen LogP contribution < -0.4 is 5.32 Å². The predicted octanol–water partition coefficient (Wildman–Crippen LogP) is 9.20. The van der Waals surface area contributed by atoms with Crippen LogP contribution in [-0.4, -0.2) is 98.7 Å². The molecule has 0 radical (unpaired) electrons. The zero-order valence-electron chi connectivity index (χ0n) is 37.4. The number of hydrogen-bond acceptors (Lipinski definition) is 9. The fourth-order valence-electron chi connectivity index (χ4n) is 7.29. The van der Waals surface area contributed by atoms with Crippen molar-refractivity contribution < 1.29 is 44.9 Å². The minimum atomic E-state index is -1.62. The molecular weight excluding hydrogens is 747 g/mol. The highest BCUT2D eigenvalue weighted by Gasteiger charge is 2.44. The van der Waals surface area contributed by atoms with E-state index in [-0.39, 0.29) is 6.61 Å².